The molecule has 1 heterocycles. The summed E-state index contributed by atoms with van der Waals surface area (Å²) >= 11 is 0. The third-order valence-corrected chi connectivity index (χ3v) is 9.66. The molecule has 0 aliphatic carbocycles. The fraction of sp³-hybridized carbons (Fsp3) is 0.765. The van der Waals surface area contributed by atoms with Gasteiger partial charge in [0.15, 0.2) is 6.54 Å². The summed E-state index contributed by atoms with van der Waals surface area (Å²) in [6.45, 7) is 5.25. The van der Waals surface area contributed by atoms with Gasteiger partial charge in [0.25, 0.3) is 5.91 Å². The number of esters is 1. The summed E-state index contributed by atoms with van der Waals surface area (Å²) in [6, 6.07) is 6.51. The number of nitrogens with zero attached hydrogens (tertiary/aromatic N) is 1. The number of quaternary nitrogens is 1. The molecule has 246 valence electrons. The number of ether oxygens (including phenoxy) is 1. The molecule has 0 atom stereocenters. The number of amides is 1. The molecule has 8 nitrogen and oxygen atoms in total. The molecule has 2 rings (SSSR count). The lowest BCUT2D eigenvalue weighted by atomic mass is 10.0. The molecule has 1 aromatic rings. The van der Waals surface area contributed by atoms with Crippen LogP contribution in [-0.4, -0.2) is 57.7 Å². The second-order valence-corrected chi connectivity index (χ2v) is 13.9. The molecule has 0 spiro atoms. The van der Waals surface area contributed by atoms with Gasteiger partial charge in [-0.05, 0) is 44.7 Å². The van der Waals surface area contributed by atoms with Crippen LogP contribution in [0.25, 0.3) is 0 Å². The van der Waals surface area contributed by atoms with Gasteiger partial charge < -0.3 is 10.1 Å². The van der Waals surface area contributed by atoms with Gasteiger partial charge in [-0.15, -0.1) is 0 Å². The first-order valence-corrected chi connectivity index (χ1v) is 18.5. The second-order valence-electron chi connectivity index (χ2n) is 12.3. The van der Waals surface area contributed by atoms with Crippen molar-refractivity contribution < 1.29 is 31.7 Å². The number of hydrogen-bond donors (Lipinski definition) is 1. The first-order valence-electron chi connectivity index (χ1n) is 17.1. The predicted octanol–water partition coefficient (Wildman–Crippen LogP) is 7.54. The Balaban J connectivity index is 1.52. The zero-order valence-electron chi connectivity index (χ0n) is 27.1. The highest BCUT2D eigenvalue weighted by Crippen LogP contribution is 2.25. The Morgan fingerprint density at radius 1 is 0.767 bits per heavy atom. The van der Waals surface area contributed by atoms with E-state index in [-0.39, 0.29) is 41.1 Å². The van der Waals surface area contributed by atoms with Crippen molar-refractivity contribution in [3.8, 4) is 0 Å². The molecule has 1 amide bonds. The van der Waals surface area contributed by atoms with E-state index in [0.29, 0.717) is 19.5 Å². The van der Waals surface area contributed by atoms with Gasteiger partial charge >= 0.3 is 16.1 Å². The van der Waals surface area contributed by atoms with E-state index in [9.17, 15) is 18.0 Å². The molecule has 1 aliphatic heterocycles. The first kappa shape index (κ1) is 37.2. The van der Waals surface area contributed by atoms with Crippen molar-refractivity contribution in [2.45, 2.75) is 141 Å². The SMILES string of the molecule is CCCCCCCCCCCCCCCCCC(=O)OCCNC(=O)C[N+]1(OS(=O)(=O)c2ccc(C)cc2)CCCCC1. The Kier molecular flexibility index (Phi) is 18.8. The smallest absolute Gasteiger partial charge is 0.342 e. The minimum Gasteiger partial charge on any atom is -0.464 e. The largest absolute Gasteiger partial charge is 0.464 e. The first-order chi connectivity index (χ1) is 20.8. The van der Waals surface area contributed by atoms with Crippen LogP contribution in [0.3, 0.4) is 0 Å². The number of benzene rings is 1. The van der Waals surface area contributed by atoms with E-state index in [1.165, 1.54) is 89.2 Å². The summed E-state index contributed by atoms with van der Waals surface area (Å²) in [6.07, 6.45) is 22.2. The molecule has 0 unspecified atom stereocenters. The van der Waals surface area contributed by atoms with Crippen LogP contribution in [0.15, 0.2) is 29.2 Å². The van der Waals surface area contributed by atoms with Crippen molar-refractivity contribution in [1.29, 1.82) is 0 Å². The minimum absolute atomic E-state index is 0.0857. The molecule has 1 saturated heterocycles. The van der Waals surface area contributed by atoms with Gasteiger partial charge in [-0.2, -0.15) is 13.1 Å². The molecule has 0 saturated carbocycles. The van der Waals surface area contributed by atoms with E-state index in [1.807, 2.05) is 6.92 Å². The highest BCUT2D eigenvalue weighted by Gasteiger charge is 2.40. The number of rotatable bonds is 24. The van der Waals surface area contributed by atoms with Crippen LogP contribution in [0.2, 0.25) is 0 Å². The summed E-state index contributed by atoms with van der Waals surface area (Å²) in [5.41, 5.74) is 0.954. The van der Waals surface area contributed by atoms with Crippen molar-refractivity contribution in [2.75, 3.05) is 32.8 Å². The fourth-order valence-electron chi connectivity index (χ4n) is 5.69. The van der Waals surface area contributed by atoms with Gasteiger partial charge in [-0.25, -0.2) is 0 Å². The lowest BCUT2D eigenvalue weighted by Crippen LogP contribution is -2.57. The van der Waals surface area contributed by atoms with Crippen LogP contribution in [0.1, 0.15) is 134 Å². The predicted molar refractivity (Wildman–Crippen MR) is 172 cm³/mol. The van der Waals surface area contributed by atoms with Crippen LogP contribution in [0.5, 0.6) is 0 Å². The minimum atomic E-state index is -4.02. The van der Waals surface area contributed by atoms with Crippen LogP contribution >= 0.6 is 0 Å². The second kappa shape index (κ2) is 21.7. The molecule has 1 aromatic carbocycles. The number of unbranched alkanes of at least 4 members (excludes halogenated alkanes) is 14. The highest BCUT2D eigenvalue weighted by atomic mass is 32.2. The number of hydroxylamine groups is 3. The van der Waals surface area contributed by atoms with Gasteiger partial charge in [0.2, 0.25) is 0 Å². The van der Waals surface area contributed by atoms with Crippen LogP contribution < -0.4 is 5.32 Å². The van der Waals surface area contributed by atoms with E-state index in [2.05, 4.69) is 12.2 Å². The Morgan fingerprint density at radius 2 is 1.28 bits per heavy atom. The van der Waals surface area contributed by atoms with Crippen molar-refractivity contribution in [1.82, 2.24) is 5.32 Å². The third kappa shape index (κ3) is 16.6. The molecule has 9 heteroatoms. The maximum absolute atomic E-state index is 13.0. The van der Waals surface area contributed by atoms with Gasteiger partial charge in [-0.3, -0.25) is 9.59 Å². The normalized spacial score (nSPS) is 14.8. The van der Waals surface area contributed by atoms with Crippen molar-refractivity contribution in [3.05, 3.63) is 29.8 Å². The van der Waals surface area contributed by atoms with Gasteiger partial charge in [0, 0.05) is 6.42 Å². The Labute approximate surface area is 262 Å². The number of hydrogen-bond acceptors (Lipinski definition) is 6. The monoisotopic (exact) mass is 623 g/mol. The zero-order chi connectivity index (χ0) is 31.2. The number of piperidine rings is 1. The summed E-state index contributed by atoms with van der Waals surface area (Å²) in [5, 5.41) is 2.76. The van der Waals surface area contributed by atoms with E-state index in [1.54, 1.807) is 12.1 Å². The molecule has 1 fully saturated rings. The Bertz CT molecular complexity index is 1010. The molecule has 1 N–H and O–H groups in total. The van der Waals surface area contributed by atoms with Gasteiger partial charge in [0.1, 0.15) is 19.7 Å². The molecule has 43 heavy (non-hydrogen) atoms. The molecule has 0 radical (unpaired) electrons. The maximum atomic E-state index is 13.0. The van der Waals surface area contributed by atoms with Crippen LogP contribution in [0.4, 0.5) is 0 Å². The van der Waals surface area contributed by atoms with E-state index < -0.39 is 10.1 Å². The molecule has 0 aromatic heterocycles. The van der Waals surface area contributed by atoms with E-state index >= 15 is 0 Å². The number of nitrogens with one attached hydrogen (secondary N) is 1. The lowest BCUT2D eigenvalue weighted by Gasteiger charge is -2.36. The number of carbonyl (C=O) groups excluding carboxylic acids is 2. The topological polar surface area (TPSA) is 98.8 Å². The van der Waals surface area contributed by atoms with E-state index in [4.69, 9.17) is 9.02 Å². The van der Waals surface area contributed by atoms with Crippen LogP contribution in [0, 0.1) is 6.92 Å². The number of aryl methyl sites for hydroxylation is 1. The Morgan fingerprint density at radius 3 is 1.81 bits per heavy atom. The van der Waals surface area contributed by atoms with Crippen LogP contribution in [-0.2, 0) is 28.7 Å². The molecule has 0 bridgehead atoms. The van der Waals surface area contributed by atoms with Crippen molar-refractivity contribution >= 4 is 22.0 Å². The zero-order valence-corrected chi connectivity index (χ0v) is 27.9. The van der Waals surface area contributed by atoms with E-state index in [0.717, 1.165) is 44.1 Å². The standard InChI is InChI=1S/C34H58N2O6S/c1-3-4-5-6-7-8-9-10-11-12-13-14-15-16-18-21-34(38)41-29-26-35-33(37)30-36(27-19-17-20-28-36)42-43(39,40)32-24-22-31(2)23-25-32/h22-25H,3-21,26-30H2,1-2H3/p+1. The highest BCUT2D eigenvalue weighted by molar-refractivity contribution is 7.86. The fourth-order valence-corrected chi connectivity index (χ4v) is 6.86. The van der Waals surface area contributed by atoms with Gasteiger partial charge in [0.05, 0.1) is 11.4 Å². The molecule has 1 aliphatic rings. The van der Waals surface area contributed by atoms with Crippen molar-refractivity contribution in [3.63, 3.8) is 0 Å². The average molecular weight is 624 g/mol. The molecular formula is C34H59N2O6S+. The van der Waals surface area contributed by atoms with Gasteiger partial charge in [-0.1, -0.05) is 119 Å². The summed E-state index contributed by atoms with van der Waals surface area (Å²) < 4.78 is 36.6. The number of likely N-dealkylation sites (tertiary alicyclic amines) is 1. The molecular weight excluding hydrogens is 564 g/mol. The quantitative estimate of drug-likeness (QED) is 0.0726. The van der Waals surface area contributed by atoms with Crippen molar-refractivity contribution in [2.24, 2.45) is 0 Å². The number of carbonyl (C=O) groups is 2. The summed E-state index contributed by atoms with van der Waals surface area (Å²) in [5.74, 6) is -0.560. The summed E-state index contributed by atoms with van der Waals surface area (Å²) in [7, 11) is -4.02. The maximum Gasteiger partial charge on any atom is 0.342 e. The summed E-state index contributed by atoms with van der Waals surface area (Å²) in [4.78, 5) is 24.9. The average Bonchev–Trinajstić information content (AvgIpc) is 2.97. The Hall–Kier alpha value is -1.97. The third-order valence-electron chi connectivity index (χ3n) is 8.30. The lowest BCUT2D eigenvalue weighted by molar-refractivity contribution is -1.08.